The van der Waals surface area contributed by atoms with Gasteiger partial charge in [-0.25, -0.2) is 4.98 Å². The van der Waals surface area contributed by atoms with Crippen LogP contribution in [-0.4, -0.2) is 45.2 Å². The summed E-state index contributed by atoms with van der Waals surface area (Å²) >= 11 is 0. The van der Waals surface area contributed by atoms with E-state index in [0.29, 0.717) is 6.42 Å². The van der Waals surface area contributed by atoms with Crippen molar-refractivity contribution < 1.29 is 4.79 Å². The van der Waals surface area contributed by atoms with Crippen LogP contribution in [0.4, 0.5) is 0 Å². The van der Waals surface area contributed by atoms with Gasteiger partial charge < -0.3 is 10.2 Å². The number of carbonyl (C=O) groups is 1. The SMILES string of the molecule is CC(C)[C@H](NC(=O)CCCN1CCCC1)c1ncnn1C. The highest BCUT2D eigenvalue weighted by Gasteiger charge is 2.22. The molecular formula is C15H27N5O. The lowest BCUT2D eigenvalue weighted by atomic mass is 10.0. The smallest absolute Gasteiger partial charge is 0.220 e. The fraction of sp³-hybridized carbons (Fsp3) is 0.800. The molecule has 1 amide bonds. The molecule has 1 fully saturated rings. The highest BCUT2D eigenvalue weighted by Crippen LogP contribution is 2.19. The Hall–Kier alpha value is -1.43. The van der Waals surface area contributed by atoms with Crippen molar-refractivity contribution in [1.82, 2.24) is 25.0 Å². The maximum atomic E-state index is 12.2. The fourth-order valence-corrected chi connectivity index (χ4v) is 2.83. The summed E-state index contributed by atoms with van der Waals surface area (Å²) in [5.74, 6) is 1.21. The van der Waals surface area contributed by atoms with Crippen LogP contribution in [0.25, 0.3) is 0 Å². The second-order valence-electron chi connectivity index (χ2n) is 6.18. The highest BCUT2D eigenvalue weighted by atomic mass is 16.1. The van der Waals surface area contributed by atoms with E-state index in [0.717, 1.165) is 18.8 Å². The predicted octanol–water partition coefficient (Wildman–Crippen LogP) is 1.50. The van der Waals surface area contributed by atoms with Crippen LogP contribution in [0.1, 0.15) is 51.4 Å². The molecule has 0 spiro atoms. The van der Waals surface area contributed by atoms with Crippen molar-refractivity contribution in [3.63, 3.8) is 0 Å². The third-order valence-electron chi connectivity index (χ3n) is 4.08. The molecule has 0 unspecified atom stereocenters. The molecule has 1 N–H and O–H groups in total. The Morgan fingerprint density at radius 2 is 2.10 bits per heavy atom. The molecule has 2 rings (SSSR count). The molecule has 118 valence electrons. The van der Waals surface area contributed by atoms with E-state index in [1.807, 2.05) is 7.05 Å². The zero-order valence-electron chi connectivity index (χ0n) is 13.4. The Morgan fingerprint density at radius 3 is 2.67 bits per heavy atom. The Bertz CT molecular complexity index is 451. The molecule has 6 heteroatoms. The van der Waals surface area contributed by atoms with Crippen LogP contribution < -0.4 is 5.32 Å². The molecule has 0 aromatic carbocycles. The number of amides is 1. The van der Waals surface area contributed by atoms with Gasteiger partial charge in [0.25, 0.3) is 0 Å². The number of nitrogens with one attached hydrogen (secondary N) is 1. The topological polar surface area (TPSA) is 63.1 Å². The molecule has 1 saturated heterocycles. The van der Waals surface area contributed by atoms with Gasteiger partial charge in [0, 0.05) is 13.5 Å². The molecule has 0 aliphatic carbocycles. The van der Waals surface area contributed by atoms with Crippen LogP contribution in [-0.2, 0) is 11.8 Å². The van der Waals surface area contributed by atoms with Crippen molar-refractivity contribution >= 4 is 5.91 Å². The first-order valence-electron chi connectivity index (χ1n) is 7.93. The summed E-state index contributed by atoms with van der Waals surface area (Å²) < 4.78 is 1.73. The molecule has 21 heavy (non-hydrogen) atoms. The summed E-state index contributed by atoms with van der Waals surface area (Å²) in [5.41, 5.74) is 0. The molecule has 2 heterocycles. The Balaban J connectivity index is 1.80. The van der Waals surface area contributed by atoms with Gasteiger partial charge in [0.15, 0.2) is 0 Å². The zero-order valence-corrected chi connectivity index (χ0v) is 13.4. The summed E-state index contributed by atoms with van der Waals surface area (Å²) in [7, 11) is 1.86. The van der Waals surface area contributed by atoms with E-state index in [1.54, 1.807) is 4.68 Å². The number of carbonyl (C=O) groups excluding carboxylic acids is 1. The monoisotopic (exact) mass is 293 g/mol. The van der Waals surface area contributed by atoms with Crippen molar-refractivity contribution in [3.8, 4) is 0 Å². The maximum Gasteiger partial charge on any atom is 0.220 e. The molecule has 6 nitrogen and oxygen atoms in total. The molecule has 0 bridgehead atoms. The molecule has 0 radical (unpaired) electrons. The van der Waals surface area contributed by atoms with Crippen LogP contribution in [0.5, 0.6) is 0 Å². The second-order valence-corrected chi connectivity index (χ2v) is 6.18. The van der Waals surface area contributed by atoms with Gasteiger partial charge in [0.1, 0.15) is 12.2 Å². The summed E-state index contributed by atoms with van der Waals surface area (Å²) in [4.78, 5) is 18.9. The number of rotatable bonds is 7. The zero-order chi connectivity index (χ0) is 15.2. The van der Waals surface area contributed by atoms with E-state index in [1.165, 1.54) is 32.3 Å². The molecule has 1 aromatic heterocycles. The third-order valence-corrected chi connectivity index (χ3v) is 4.08. The lowest BCUT2D eigenvalue weighted by Gasteiger charge is -2.21. The quantitative estimate of drug-likeness (QED) is 0.827. The lowest BCUT2D eigenvalue weighted by molar-refractivity contribution is -0.122. The minimum absolute atomic E-state index is 0.0724. The van der Waals surface area contributed by atoms with E-state index in [2.05, 4.69) is 34.1 Å². The summed E-state index contributed by atoms with van der Waals surface area (Å²) in [5, 5.41) is 7.19. The maximum absolute atomic E-state index is 12.2. The Kier molecular flexibility index (Phi) is 5.73. The number of likely N-dealkylation sites (tertiary alicyclic amines) is 1. The predicted molar refractivity (Wildman–Crippen MR) is 81.6 cm³/mol. The fourth-order valence-electron chi connectivity index (χ4n) is 2.83. The summed E-state index contributed by atoms with van der Waals surface area (Å²) in [6.07, 6.45) is 5.64. The Morgan fingerprint density at radius 1 is 1.38 bits per heavy atom. The molecule has 0 saturated carbocycles. The van der Waals surface area contributed by atoms with Crippen molar-refractivity contribution in [2.24, 2.45) is 13.0 Å². The number of nitrogens with zero attached hydrogens (tertiary/aromatic N) is 4. The Labute approximate surface area is 126 Å². The van der Waals surface area contributed by atoms with Crippen LogP contribution in [0.15, 0.2) is 6.33 Å². The second kappa shape index (κ2) is 7.54. The molecule has 1 aliphatic heterocycles. The minimum atomic E-state index is -0.0724. The molecular weight excluding hydrogens is 266 g/mol. The van der Waals surface area contributed by atoms with Gasteiger partial charge in [-0.3, -0.25) is 9.48 Å². The van der Waals surface area contributed by atoms with Gasteiger partial charge >= 0.3 is 0 Å². The molecule has 1 atom stereocenters. The van der Waals surface area contributed by atoms with Crippen LogP contribution >= 0.6 is 0 Å². The highest BCUT2D eigenvalue weighted by molar-refractivity contribution is 5.76. The largest absolute Gasteiger partial charge is 0.346 e. The average Bonchev–Trinajstić information content (AvgIpc) is 3.07. The van der Waals surface area contributed by atoms with E-state index in [4.69, 9.17) is 0 Å². The number of hydrogen-bond donors (Lipinski definition) is 1. The van der Waals surface area contributed by atoms with Gasteiger partial charge in [0.2, 0.25) is 5.91 Å². The van der Waals surface area contributed by atoms with Crippen molar-refractivity contribution in [1.29, 1.82) is 0 Å². The first kappa shape index (κ1) is 15.9. The minimum Gasteiger partial charge on any atom is -0.346 e. The molecule has 1 aromatic rings. The summed E-state index contributed by atoms with van der Waals surface area (Å²) in [6.45, 7) is 7.59. The van der Waals surface area contributed by atoms with Gasteiger partial charge in [-0.2, -0.15) is 5.10 Å². The lowest BCUT2D eigenvalue weighted by Crippen LogP contribution is -2.34. The van der Waals surface area contributed by atoms with Gasteiger partial charge in [-0.15, -0.1) is 0 Å². The number of aromatic nitrogens is 3. The first-order chi connectivity index (χ1) is 10.1. The third kappa shape index (κ3) is 4.52. The van der Waals surface area contributed by atoms with Crippen molar-refractivity contribution in [3.05, 3.63) is 12.2 Å². The summed E-state index contributed by atoms with van der Waals surface area (Å²) in [6, 6.07) is -0.0724. The van der Waals surface area contributed by atoms with Crippen molar-refractivity contribution in [2.75, 3.05) is 19.6 Å². The molecule has 1 aliphatic rings. The van der Waals surface area contributed by atoms with Gasteiger partial charge in [0.05, 0.1) is 6.04 Å². The van der Waals surface area contributed by atoms with Crippen molar-refractivity contribution in [2.45, 2.75) is 45.6 Å². The van der Waals surface area contributed by atoms with E-state index < -0.39 is 0 Å². The van der Waals surface area contributed by atoms with Crippen LogP contribution in [0, 0.1) is 5.92 Å². The van der Waals surface area contributed by atoms with Gasteiger partial charge in [-0.1, -0.05) is 13.8 Å². The van der Waals surface area contributed by atoms with E-state index in [9.17, 15) is 4.79 Å². The normalized spacial score (nSPS) is 17.3. The standard InChI is InChI=1S/C15H27N5O/c1-12(2)14(15-16-11-17-19(15)3)18-13(21)7-6-10-20-8-4-5-9-20/h11-12,14H,4-10H2,1-3H3,(H,18,21)/t14-/m0/s1. The van der Waals surface area contributed by atoms with E-state index >= 15 is 0 Å². The average molecular weight is 293 g/mol. The number of hydrogen-bond acceptors (Lipinski definition) is 4. The van der Waals surface area contributed by atoms with E-state index in [-0.39, 0.29) is 17.9 Å². The van der Waals surface area contributed by atoms with Crippen LogP contribution in [0.2, 0.25) is 0 Å². The first-order valence-corrected chi connectivity index (χ1v) is 7.93. The van der Waals surface area contributed by atoms with Gasteiger partial charge in [-0.05, 0) is 44.8 Å². The van der Waals surface area contributed by atoms with Crippen LogP contribution in [0.3, 0.4) is 0 Å². The number of aryl methyl sites for hydroxylation is 1.